The number of rotatable bonds is 9. The van der Waals surface area contributed by atoms with Gasteiger partial charge in [-0.2, -0.15) is 0 Å². The number of likely N-dealkylation sites (N-methyl/N-ethyl adjacent to an activating group) is 1. The molecule has 5 unspecified atom stereocenters. The van der Waals surface area contributed by atoms with E-state index in [1.807, 2.05) is 0 Å². The van der Waals surface area contributed by atoms with E-state index in [2.05, 4.69) is 5.32 Å². The topological polar surface area (TPSA) is 154 Å². The van der Waals surface area contributed by atoms with Crippen molar-refractivity contribution in [3.63, 3.8) is 0 Å². The molecule has 1 saturated heterocycles. The highest BCUT2D eigenvalue weighted by molar-refractivity contribution is 5.93. The minimum Gasteiger partial charge on any atom is -0.504 e. The van der Waals surface area contributed by atoms with Crippen molar-refractivity contribution < 1.29 is 29.7 Å². The van der Waals surface area contributed by atoms with Crippen LogP contribution in [-0.4, -0.2) is 86.9 Å². The maximum Gasteiger partial charge on any atom is 0.249 e. The first-order chi connectivity index (χ1) is 16.6. The van der Waals surface area contributed by atoms with Crippen LogP contribution in [0.1, 0.15) is 51.0 Å². The number of likely N-dealkylation sites (tertiary alicyclic amines) is 1. The van der Waals surface area contributed by atoms with Crippen LogP contribution in [0.25, 0.3) is 0 Å². The van der Waals surface area contributed by atoms with Crippen LogP contribution in [0, 0.1) is 11.3 Å². The number of amides is 3. The Morgan fingerprint density at radius 2 is 1.94 bits per heavy atom. The van der Waals surface area contributed by atoms with Gasteiger partial charge in [-0.3, -0.25) is 14.4 Å². The smallest absolute Gasteiger partial charge is 0.249 e. The monoisotopic (exact) mass is 488 g/mol. The molecule has 192 valence electrons. The lowest BCUT2D eigenvalue weighted by molar-refractivity contribution is -0.147. The summed E-state index contributed by atoms with van der Waals surface area (Å²) in [5, 5.41) is 39.2. The van der Waals surface area contributed by atoms with Gasteiger partial charge in [0, 0.05) is 26.1 Å². The molecule has 0 bridgehead atoms. The minimum absolute atomic E-state index is 0.0504. The van der Waals surface area contributed by atoms with Gasteiger partial charge in [-0.15, -0.1) is 0 Å². The van der Waals surface area contributed by atoms with Crippen molar-refractivity contribution in [2.24, 2.45) is 5.92 Å². The summed E-state index contributed by atoms with van der Waals surface area (Å²) in [7, 11) is 1.68. The van der Waals surface area contributed by atoms with E-state index < -0.39 is 24.1 Å². The summed E-state index contributed by atoms with van der Waals surface area (Å²) in [6.45, 7) is 1.96. The van der Waals surface area contributed by atoms with Gasteiger partial charge in [0.05, 0.1) is 0 Å². The molecule has 2 fully saturated rings. The molecular formula is C25H36N4O6. The van der Waals surface area contributed by atoms with Gasteiger partial charge in [0.2, 0.25) is 17.7 Å². The Morgan fingerprint density at radius 1 is 1.23 bits per heavy atom. The van der Waals surface area contributed by atoms with E-state index in [1.165, 1.54) is 24.4 Å². The zero-order chi connectivity index (χ0) is 25.7. The van der Waals surface area contributed by atoms with Crippen molar-refractivity contribution >= 4 is 23.9 Å². The number of fused-ring (bicyclic) bond motifs is 1. The molecule has 3 rings (SSSR count). The molecular weight excluding hydrogens is 452 g/mol. The van der Waals surface area contributed by atoms with Gasteiger partial charge in [0.25, 0.3) is 0 Å². The lowest BCUT2D eigenvalue weighted by Gasteiger charge is -2.36. The summed E-state index contributed by atoms with van der Waals surface area (Å²) in [6.07, 6.45) is 4.56. The maximum atomic E-state index is 13.5. The van der Waals surface area contributed by atoms with Gasteiger partial charge in [0.1, 0.15) is 18.2 Å². The molecule has 1 aromatic rings. The summed E-state index contributed by atoms with van der Waals surface area (Å²) in [6, 6.07) is 2.43. The Hall–Kier alpha value is -3.14. The second-order valence-corrected chi connectivity index (χ2v) is 9.63. The molecule has 0 spiro atoms. The molecule has 35 heavy (non-hydrogen) atoms. The molecule has 5 N–H and O–H groups in total. The number of nitrogens with zero attached hydrogens (tertiary/aromatic N) is 2. The van der Waals surface area contributed by atoms with Crippen LogP contribution in [0.3, 0.4) is 0 Å². The van der Waals surface area contributed by atoms with E-state index >= 15 is 0 Å². The fourth-order valence-corrected chi connectivity index (χ4v) is 5.23. The Labute approximate surface area is 205 Å². The van der Waals surface area contributed by atoms with Crippen LogP contribution >= 0.6 is 0 Å². The van der Waals surface area contributed by atoms with Gasteiger partial charge in [-0.25, -0.2) is 0 Å². The van der Waals surface area contributed by atoms with Crippen molar-refractivity contribution in [1.82, 2.24) is 15.1 Å². The SMILES string of the molecule is CC(NC(=O)C(O)Cc1ccc(O)c(O)c1)C(=O)N1C(C(=O)N(C)CCC=N)CC2CCCCC21. The molecule has 0 aromatic heterocycles. The van der Waals surface area contributed by atoms with Crippen LogP contribution in [0.5, 0.6) is 11.5 Å². The average Bonchev–Trinajstić information content (AvgIpc) is 3.23. The fraction of sp³-hybridized carbons (Fsp3) is 0.600. The third-order valence-corrected chi connectivity index (χ3v) is 7.11. The molecule has 1 aromatic carbocycles. The first-order valence-corrected chi connectivity index (χ1v) is 12.2. The standard InChI is InChI=1S/C25H36N4O6/c1-15(27-23(33)22(32)13-16-8-9-20(30)21(31)12-16)24(34)29-18-7-4-3-6-17(18)14-19(29)25(35)28(2)11-5-10-26/h8-10,12,15,17-19,22,26,30-32H,3-7,11,13-14H2,1-2H3,(H,27,33). The Kier molecular flexibility index (Phi) is 8.71. The first kappa shape index (κ1) is 26.5. The molecule has 1 heterocycles. The number of aliphatic hydroxyl groups is 1. The highest BCUT2D eigenvalue weighted by Gasteiger charge is 2.49. The van der Waals surface area contributed by atoms with Crippen molar-refractivity contribution in [2.75, 3.05) is 13.6 Å². The van der Waals surface area contributed by atoms with Crippen LogP contribution in [-0.2, 0) is 20.8 Å². The Morgan fingerprint density at radius 3 is 2.63 bits per heavy atom. The van der Waals surface area contributed by atoms with E-state index in [0.29, 0.717) is 24.9 Å². The normalized spacial score (nSPS) is 23.2. The third kappa shape index (κ3) is 6.11. The molecule has 10 heteroatoms. The van der Waals surface area contributed by atoms with Gasteiger partial charge in [-0.05, 0) is 62.4 Å². The average molecular weight is 489 g/mol. The summed E-state index contributed by atoms with van der Waals surface area (Å²) >= 11 is 0. The molecule has 0 radical (unpaired) electrons. The third-order valence-electron chi connectivity index (χ3n) is 7.11. The van der Waals surface area contributed by atoms with Gasteiger partial charge in [-0.1, -0.05) is 18.9 Å². The number of phenolic OH excluding ortho intramolecular Hbond substituents is 2. The minimum atomic E-state index is -1.46. The number of aliphatic hydroxyl groups excluding tert-OH is 1. The quantitative estimate of drug-likeness (QED) is 0.260. The summed E-state index contributed by atoms with van der Waals surface area (Å²) in [5.74, 6) is -1.64. The number of hydrogen-bond acceptors (Lipinski definition) is 7. The highest BCUT2D eigenvalue weighted by Crippen LogP contribution is 2.40. The molecule has 2 aliphatic rings. The molecule has 5 atom stereocenters. The first-order valence-electron chi connectivity index (χ1n) is 12.2. The number of hydrogen-bond donors (Lipinski definition) is 5. The van der Waals surface area contributed by atoms with E-state index in [4.69, 9.17) is 5.41 Å². The number of benzene rings is 1. The summed E-state index contributed by atoms with van der Waals surface area (Å²) in [4.78, 5) is 42.6. The van der Waals surface area contributed by atoms with Gasteiger partial charge in [0.15, 0.2) is 11.5 Å². The number of carbonyl (C=O) groups excluding carboxylic acids is 3. The van der Waals surface area contributed by atoms with Crippen LogP contribution < -0.4 is 5.32 Å². The summed E-state index contributed by atoms with van der Waals surface area (Å²) < 4.78 is 0. The molecule has 3 amide bonds. The Bertz CT molecular complexity index is 954. The number of carbonyl (C=O) groups is 3. The number of nitrogens with one attached hydrogen (secondary N) is 2. The Balaban J connectivity index is 1.68. The zero-order valence-electron chi connectivity index (χ0n) is 20.3. The molecule has 1 aliphatic carbocycles. The van der Waals surface area contributed by atoms with Crippen LogP contribution in [0.4, 0.5) is 0 Å². The number of aromatic hydroxyl groups is 2. The molecule has 10 nitrogen and oxygen atoms in total. The molecule has 1 saturated carbocycles. The van der Waals surface area contributed by atoms with E-state index in [1.54, 1.807) is 23.8 Å². The zero-order valence-corrected chi connectivity index (χ0v) is 20.3. The lowest BCUT2D eigenvalue weighted by atomic mass is 9.84. The van der Waals surface area contributed by atoms with Gasteiger partial charge >= 0.3 is 0 Å². The second kappa shape index (κ2) is 11.5. The van der Waals surface area contributed by atoms with Crippen molar-refractivity contribution in [2.45, 2.75) is 76.1 Å². The highest BCUT2D eigenvalue weighted by atomic mass is 16.3. The van der Waals surface area contributed by atoms with E-state index in [9.17, 15) is 29.7 Å². The second-order valence-electron chi connectivity index (χ2n) is 9.63. The van der Waals surface area contributed by atoms with Crippen molar-refractivity contribution in [1.29, 1.82) is 5.41 Å². The predicted octanol–water partition coefficient (Wildman–Crippen LogP) is 1.16. The van der Waals surface area contributed by atoms with Crippen molar-refractivity contribution in [3.8, 4) is 11.5 Å². The predicted molar refractivity (Wildman–Crippen MR) is 129 cm³/mol. The van der Waals surface area contributed by atoms with Crippen molar-refractivity contribution in [3.05, 3.63) is 23.8 Å². The summed E-state index contributed by atoms with van der Waals surface area (Å²) in [5.41, 5.74) is 0.449. The molecule has 1 aliphatic heterocycles. The van der Waals surface area contributed by atoms with Crippen LogP contribution in [0.15, 0.2) is 18.2 Å². The number of phenols is 2. The fourth-order valence-electron chi connectivity index (χ4n) is 5.23. The largest absolute Gasteiger partial charge is 0.504 e. The van der Waals surface area contributed by atoms with Gasteiger partial charge < -0.3 is 35.8 Å². The van der Waals surface area contributed by atoms with Crippen LogP contribution in [0.2, 0.25) is 0 Å². The lowest BCUT2D eigenvalue weighted by Crippen LogP contribution is -2.56. The maximum absolute atomic E-state index is 13.5. The van der Waals surface area contributed by atoms with E-state index in [0.717, 1.165) is 25.7 Å². The van der Waals surface area contributed by atoms with E-state index in [-0.39, 0.29) is 41.7 Å².